The van der Waals surface area contributed by atoms with Crippen LogP contribution in [0.25, 0.3) is 0 Å². The lowest BCUT2D eigenvalue weighted by molar-refractivity contribution is 0.0788. The van der Waals surface area contributed by atoms with Crippen molar-refractivity contribution in [2.24, 2.45) is 0 Å². The van der Waals surface area contributed by atoms with Crippen molar-refractivity contribution >= 4 is 17.5 Å². The van der Waals surface area contributed by atoms with Crippen LogP contribution in [0, 0.1) is 20.8 Å². The topological polar surface area (TPSA) is 120 Å². The molecule has 0 radical (unpaired) electrons. The Morgan fingerprint density at radius 1 is 1.14 bits per heavy atom. The molecular weight excluding hydrogens is 370 g/mol. The predicted molar refractivity (Wildman–Crippen MR) is 108 cm³/mol. The number of H-pyrrole nitrogens is 2. The molecule has 9 nitrogen and oxygen atoms in total. The maximum absolute atomic E-state index is 12.8. The Kier molecular flexibility index (Phi) is 4.87. The van der Waals surface area contributed by atoms with Crippen LogP contribution in [0.5, 0.6) is 0 Å². The van der Waals surface area contributed by atoms with Crippen LogP contribution >= 0.6 is 0 Å². The summed E-state index contributed by atoms with van der Waals surface area (Å²) in [6.07, 6.45) is 0.750. The molecule has 1 aliphatic rings. The minimum Gasteiger partial charge on any atom is -0.338 e. The van der Waals surface area contributed by atoms with Crippen molar-refractivity contribution < 1.29 is 4.79 Å². The molecule has 0 unspecified atom stereocenters. The van der Waals surface area contributed by atoms with Gasteiger partial charge in [-0.1, -0.05) is 0 Å². The third-order valence-corrected chi connectivity index (χ3v) is 4.96. The van der Waals surface area contributed by atoms with Crippen LogP contribution in [-0.4, -0.2) is 49.0 Å². The predicted octanol–water partition coefficient (Wildman–Crippen LogP) is 2.19. The second-order valence-electron chi connectivity index (χ2n) is 7.43. The van der Waals surface area contributed by atoms with Gasteiger partial charge in [-0.2, -0.15) is 5.10 Å². The zero-order chi connectivity index (χ0) is 20.5. The number of amides is 1. The molecule has 3 N–H and O–H groups in total. The fourth-order valence-corrected chi connectivity index (χ4v) is 3.52. The number of hydrogen-bond donors (Lipinski definition) is 3. The summed E-state index contributed by atoms with van der Waals surface area (Å²) in [5.41, 5.74) is 2.33. The van der Waals surface area contributed by atoms with Crippen molar-refractivity contribution in [3.63, 3.8) is 0 Å². The first kappa shape index (κ1) is 18.9. The number of aromatic nitrogens is 5. The van der Waals surface area contributed by atoms with Gasteiger partial charge >= 0.3 is 0 Å². The lowest BCUT2D eigenvalue weighted by Crippen LogP contribution is -2.33. The SMILES string of the molecule is Cc1cc(Nc2cc(C)[nH]n2)nc([C@@H]2CCN(C(=O)c3ccc(C)[nH]c3=O)C2)n1. The summed E-state index contributed by atoms with van der Waals surface area (Å²) in [6, 6.07) is 7.07. The summed E-state index contributed by atoms with van der Waals surface area (Å²) >= 11 is 0. The highest BCUT2D eigenvalue weighted by molar-refractivity contribution is 5.94. The summed E-state index contributed by atoms with van der Waals surface area (Å²) in [4.78, 5) is 38.5. The van der Waals surface area contributed by atoms with E-state index in [1.54, 1.807) is 24.0 Å². The molecule has 9 heteroatoms. The third-order valence-electron chi connectivity index (χ3n) is 4.96. The number of aromatic amines is 2. The second-order valence-corrected chi connectivity index (χ2v) is 7.43. The Morgan fingerprint density at radius 2 is 1.97 bits per heavy atom. The molecule has 4 rings (SSSR count). The van der Waals surface area contributed by atoms with E-state index in [0.29, 0.717) is 30.5 Å². The van der Waals surface area contributed by atoms with E-state index in [1.165, 1.54) is 0 Å². The van der Waals surface area contributed by atoms with E-state index < -0.39 is 0 Å². The standard InChI is InChI=1S/C20H23N7O2/c1-11-4-5-15(19(28)22-11)20(29)27-7-6-14(10-27)18-21-12(2)8-16(24-18)23-17-9-13(3)25-26-17/h4-5,8-9,14H,6-7,10H2,1-3H3,(H,22,28)(H2,21,23,24,25,26)/t14-/m1/s1. The van der Waals surface area contributed by atoms with Gasteiger partial charge in [-0.15, -0.1) is 0 Å². The van der Waals surface area contributed by atoms with E-state index in [-0.39, 0.29) is 22.9 Å². The molecule has 1 aliphatic heterocycles. The molecule has 0 aliphatic carbocycles. The number of rotatable bonds is 4. The first-order valence-corrected chi connectivity index (χ1v) is 9.53. The van der Waals surface area contributed by atoms with Crippen molar-refractivity contribution in [3.05, 3.63) is 63.1 Å². The fraction of sp³-hybridized carbons (Fsp3) is 0.350. The van der Waals surface area contributed by atoms with Gasteiger partial charge in [-0.05, 0) is 39.3 Å². The first-order chi connectivity index (χ1) is 13.9. The van der Waals surface area contributed by atoms with E-state index in [0.717, 1.165) is 23.5 Å². The van der Waals surface area contributed by atoms with Crippen molar-refractivity contribution in [1.82, 2.24) is 30.0 Å². The van der Waals surface area contributed by atoms with Crippen LogP contribution in [0.4, 0.5) is 11.6 Å². The van der Waals surface area contributed by atoms with Crippen molar-refractivity contribution in [2.75, 3.05) is 18.4 Å². The smallest absolute Gasteiger partial charge is 0.260 e. The molecule has 1 fully saturated rings. The number of aryl methyl sites for hydroxylation is 3. The average Bonchev–Trinajstić information content (AvgIpc) is 3.30. The van der Waals surface area contributed by atoms with Gasteiger partial charge in [-0.25, -0.2) is 9.97 Å². The number of nitrogens with zero attached hydrogens (tertiary/aromatic N) is 4. The van der Waals surface area contributed by atoms with Gasteiger partial charge in [0, 0.05) is 48.2 Å². The summed E-state index contributed by atoms with van der Waals surface area (Å²) in [7, 11) is 0. The normalized spacial score (nSPS) is 16.2. The van der Waals surface area contributed by atoms with Crippen LogP contribution in [0.2, 0.25) is 0 Å². The maximum Gasteiger partial charge on any atom is 0.260 e. The molecule has 150 valence electrons. The Morgan fingerprint density at radius 3 is 2.69 bits per heavy atom. The lowest BCUT2D eigenvalue weighted by Gasteiger charge is -2.16. The molecule has 0 saturated carbocycles. The van der Waals surface area contributed by atoms with Gasteiger partial charge in [-0.3, -0.25) is 14.7 Å². The van der Waals surface area contributed by atoms with Crippen molar-refractivity contribution in [3.8, 4) is 0 Å². The number of anilines is 2. The maximum atomic E-state index is 12.8. The highest BCUT2D eigenvalue weighted by atomic mass is 16.2. The highest BCUT2D eigenvalue weighted by Crippen LogP contribution is 2.27. The Balaban J connectivity index is 1.51. The van der Waals surface area contributed by atoms with E-state index in [9.17, 15) is 9.59 Å². The summed E-state index contributed by atoms with van der Waals surface area (Å²) in [6.45, 7) is 6.67. The largest absolute Gasteiger partial charge is 0.338 e. The van der Waals surface area contributed by atoms with Gasteiger partial charge in [0.15, 0.2) is 5.82 Å². The van der Waals surface area contributed by atoms with E-state index >= 15 is 0 Å². The van der Waals surface area contributed by atoms with Gasteiger partial charge in [0.1, 0.15) is 17.2 Å². The second kappa shape index (κ2) is 7.50. The molecule has 1 saturated heterocycles. The molecule has 0 bridgehead atoms. The van der Waals surface area contributed by atoms with Gasteiger partial charge in [0.2, 0.25) is 0 Å². The third kappa shape index (κ3) is 4.03. The molecular formula is C20H23N7O2. The molecule has 4 heterocycles. The van der Waals surface area contributed by atoms with Crippen LogP contribution in [0.15, 0.2) is 29.1 Å². The Labute approximate surface area is 167 Å². The Hall–Kier alpha value is -3.49. The average molecular weight is 393 g/mol. The van der Waals surface area contributed by atoms with Crippen molar-refractivity contribution in [1.29, 1.82) is 0 Å². The van der Waals surface area contributed by atoms with E-state index in [2.05, 4.69) is 30.5 Å². The van der Waals surface area contributed by atoms with E-state index in [1.807, 2.05) is 26.0 Å². The summed E-state index contributed by atoms with van der Waals surface area (Å²) in [5, 5.41) is 10.2. The monoisotopic (exact) mass is 393 g/mol. The molecule has 29 heavy (non-hydrogen) atoms. The van der Waals surface area contributed by atoms with Crippen LogP contribution in [-0.2, 0) is 0 Å². The molecule has 1 amide bonds. The molecule has 1 atom stereocenters. The van der Waals surface area contributed by atoms with Gasteiger partial charge < -0.3 is 15.2 Å². The van der Waals surface area contributed by atoms with Gasteiger partial charge in [0.05, 0.1) is 0 Å². The van der Waals surface area contributed by atoms with Crippen LogP contribution < -0.4 is 10.9 Å². The number of carbonyl (C=O) groups is 1. The highest BCUT2D eigenvalue weighted by Gasteiger charge is 2.31. The van der Waals surface area contributed by atoms with Gasteiger partial charge in [0.25, 0.3) is 11.5 Å². The molecule has 0 spiro atoms. The summed E-state index contributed by atoms with van der Waals surface area (Å²) in [5.74, 6) is 1.80. The lowest BCUT2D eigenvalue weighted by atomic mass is 10.1. The fourth-order valence-electron chi connectivity index (χ4n) is 3.52. The minimum atomic E-state index is -0.356. The number of likely N-dealkylation sites (tertiary alicyclic amines) is 1. The number of nitrogens with one attached hydrogen (secondary N) is 3. The number of hydrogen-bond acceptors (Lipinski definition) is 6. The Bertz CT molecular complexity index is 1120. The molecule has 3 aromatic heterocycles. The molecule has 0 aromatic carbocycles. The van der Waals surface area contributed by atoms with Crippen LogP contribution in [0.1, 0.15) is 45.6 Å². The number of carbonyl (C=O) groups excluding carboxylic acids is 1. The molecule has 3 aromatic rings. The zero-order valence-corrected chi connectivity index (χ0v) is 16.6. The quantitative estimate of drug-likeness (QED) is 0.625. The summed E-state index contributed by atoms with van der Waals surface area (Å²) < 4.78 is 0. The zero-order valence-electron chi connectivity index (χ0n) is 16.6. The van der Waals surface area contributed by atoms with Crippen molar-refractivity contribution in [2.45, 2.75) is 33.1 Å². The number of pyridine rings is 1. The van der Waals surface area contributed by atoms with E-state index in [4.69, 9.17) is 0 Å². The first-order valence-electron chi connectivity index (χ1n) is 9.53. The minimum absolute atomic E-state index is 0.0184. The van der Waals surface area contributed by atoms with Crippen LogP contribution in [0.3, 0.4) is 0 Å².